The highest BCUT2D eigenvalue weighted by Gasteiger charge is 2.59. The number of carboxylic acid groups (broad SMARTS) is 1. The number of aliphatic carboxylic acids is 1. The summed E-state index contributed by atoms with van der Waals surface area (Å²) in [6, 6.07) is 0. The van der Waals surface area contributed by atoms with Crippen molar-refractivity contribution >= 4 is 11.9 Å². The standard InChI is InChI=1S/C18H30O2.C6H12O2/c1-5-15-14-8-12-7-13(9-14)11-18(15,10-12)20-16(19)17(3,4)6-2;1-4-6(2,3)5(7)8/h12-15H,5-11H2,1-4H3;4H2,1-3H3,(H,7,8). The normalized spacial score (nSPS) is 33.8. The van der Waals surface area contributed by atoms with Gasteiger partial charge in [0, 0.05) is 5.92 Å². The molecule has 0 aromatic carbocycles. The summed E-state index contributed by atoms with van der Waals surface area (Å²) in [6.07, 6.45) is 9.18. The summed E-state index contributed by atoms with van der Waals surface area (Å²) in [6.45, 7) is 13.7. The van der Waals surface area contributed by atoms with Gasteiger partial charge in [-0.15, -0.1) is 0 Å². The van der Waals surface area contributed by atoms with Crippen molar-refractivity contribution in [2.45, 2.75) is 105 Å². The zero-order valence-electron chi connectivity index (χ0n) is 19.1. The first kappa shape index (κ1) is 23.2. The minimum Gasteiger partial charge on any atom is -0.481 e. The van der Waals surface area contributed by atoms with Gasteiger partial charge in [-0.3, -0.25) is 9.59 Å². The summed E-state index contributed by atoms with van der Waals surface area (Å²) < 4.78 is 6.27. The van der Waals surface area contributed by atoms with E-state index >= 15 is 0 Å². The fraction of sp³-hybridized carbons (Fsp3) is 0.917. The van der Waals surface area contributed by atoms with E-state index in [-0.39, 0.29) is 17.0 Å². The zero-order valence-corrected chi connectivity index (χ0v) is 19.1. The second-order valence-electron chi connectivity index (χ2n) is 10.9. The van der Waals surface area contributed by atoms with Crippen molar-refractivity contribution in [1.82, 2.24) is 0 Å². The van der Waals surface area contributed by atoms with Crippen molar-refractivity contribution in [3.8, 4) is 0 Å². The average Bonchev–Trinajstić information content (AvgIpc) is 2.61. The Morgan fingerprint density at radius 1 is 0.929 bits per heavy atom. The molecule has 4 saturated carbocycles. The largest absolute Gasteiger partial charge is 0.481 e. The minimum absolute atomic E-state index is 0.0420. The van der Waals surface area contributed by atoms with E-state index in [1.165, 1.54) is 25.7 Å². The number of hydrogen-bond donors (Lipinski definition) is 1. The Labute approximate surface area is 171 Å². The van der Waals surface area contributed by atoms with Crippen molar-refractivity contribution in [2.24, 2.45) is 34.5 Å². The van der Waals surface area contributed by atoms with Gasteiger partial charge in [-0.05, 0) is 96.8 Å². The van der Waals surface area contributed by atoms with Gasteiger partial charge in [0.2, 0.25) is 0 Å². The molecule has 0 aromatic heterocycles. The van der Waals surface area contributed by atoms with Gasteiger partial charge in [0.1, 0.15) is 5.60 Å². The zero-order chi connectivity index (χ0) is 21.3. The van der Waals surface area contributed by atoms with Gasteiger partial charge in [0.25, 0.3) is 0 Å². The van der Waals surface area contributed by atoms with Crippen LogP contribution in [0.25, 0.3) is 0 Å². The van der Waals surface area contributed by atoms with E-state index in [9.17, 15) is 9.59 Å². The van der Waals surface area contributed by atoms with Gasteiger partial charge in [0.05, 0.1) is 10.8 Å². The monoisotopic (exact) mass is 394 g/mol. The van der Waals surface area contributed by atoms with Crippen LogP contribution in [0.15, 0.2) is 0 Å². The van der Waals surface area contributed by atoms with Gasteiger partial charge in [-0.25, -0.2) is 0 Å². The molecule has 0 heterocycles. The SMILES string of the molecule is CCC(C)(C)C(=O)O.CCC1C2CC3CC(C2)CC1(OC(=O)C(C)(C)CC)C3. The third-order valence-corrected chi connectivity index (χ3v) is 8.09. The van der Waals surface area contributed by atoms with E-state index in [0.717, 1.165) is 37.0 Å². The molecule has 4 nitrogen and oxygen atoms in total. The Hall–Kier alpha value is -1.06. The predicted octanol–water partition coefficient (Wildman–Crippen LogP) is 6.08. The Balaban J connectivity index is 0.000000300. The van der Waals surface area contributed by atoms with Crippen molar-refractivity contribution in [3.63, 3.8) is 0 Å². The van der Waals surface area contributed by atoms with E-state index in [0.29, 0.717) is 12.3 Å². The molecule has 0 radical (unpaired) electrons. The molecule has 28 heavy (non-hydrogen) atoms. The van der Waals surface area contributed by atoms with Crippen LogP contribution in [0.3, 0.4) is 0 Å². The fourth-order valence-electron chi connectivity index (χ4n) is 5.55. The average molecular weight is 395 g/mol. The van der Waals surface area contributed by atoms with E-state index < -0.39 is 11.4 Å². The minimum atomic E-state index is -0.722. The lowest BCUT2D eigenvalue weighted by Crippen LogP contribution is -2.59. The van der Waals surface area contributed by atoms with Crippen LogP contribution in [-0.4, -0.2) is 22.6 Å². The molecule has 4 aliphatic rings. The van der Waals surface area contributed by atoms with Gasteiger partial charge >= 0.3 is 11.9 Å². The maximum atomic E-state index is 12.6. The second-order valence-corrected chi connectivity index (χ2v) is 10.9. The number of carbonyl (C=O) groups excluding carboxylic acids is 1. The molecule has 4 bridgehead atoms. The molecule has 0 aromatic rings. The lowest BCUT2D eigenvalue weighted by molar-refractivity contribution is -0.216. The van der Waals surface area contributed by atoms with Crippen molar-refractivity contribution in [2.75, 3.05) is 0 Å². The third kappa shape index (κ3) is 4.57. The van der Waals surface area contributed by atoms with Gasteiger partial charge in [-0.2, -0.15) is 0 Å². The summed E-state index contributed by atoms with van der Waals surface area (Å²) >= 11 is 0. The number of hydrogen-bond acceptors (Lipinski definition) is 3. The summed E-state index contributed by atoms with van der Waals surface area (Å²) in [7, 11) is 0. The van der Waals surface area contributed by atoms with E-state index in [1.807, 2.05) is 20.8 Å². The highest BCUT2D eigenvalue weighted by Crippen LogP contribution is 2.61. The van der Waals surface area contributed by atoms with E-state index in [1.54, 1.807) is 13.8 Å². The van der Waals surface area contributed by atoms with Crippen LogP contribution in [0.5, 0.6) is 0 Å². The predicted molar refractivity (Wildman–Crippen MR) is 112 cm³/mol. The molecule has 1 N–H and O–H groups in total. The first-order valence-corrected chi connectivity index (χ1v) is 11.4. The van der Waals surface area contributed by atoms with Crippen LogP contribution in [0, 0.1) is 34.5 Å². The van der Waals surface area contributed by atoms with Crippen LogP contribution in [0.4, 0.5) is 0 Å². The van der Waals surface area contributed by atoms with Gasteiger partial charge < -0.3 is 9.84 Å². The van der Waals surface area contributed by atoms with Crippen molar-refractivity contribution < 1.29 is 19.4 Å². The fourth-order valence-corrected chi connectivity index (χ4v) is 5.55. The van der Waals surface area contributed by atoms with Crippen LogP contribution in [0.1, 0.15) is 99.8 Å². The highest BCUT2D eigenvalue weighted by atomic mass is 16.6. The number of rotatable bonds is 6. The molecule has 4 heteroatoms. The first-order chi connectivity index (χ1) is 12.9. The Kier molecular flexibility index (Phi) is 6.93. The lowest BCUT2D eigenvalue weighted by Gasteiger charge is -2.60. The number of carbonyl (C=O) groups is 2. The molecule has 3 atom stereocenters. The van der Waals surface area contributed by atoms with Crippen molar-refractivity contribution in [1.29, 1.82) is 0 Å². The maximum Gasteiger partial charge on any atom is 0.312 e. The quantitative estimate of drug-likeness (QED) is 0.555. The third-order valence-electron chi connectivity index (χ3n) is 8.09. The molecule has 4 aliphatic carbocycles. The van der Waals surface area contributed by atoms with Gasteiger partial charge in [-0.1, -0.05) is 20.8 Å². The molecular weight excluding hydrogens is 352 g/mol. The Morgan fingerprint density at radius 3 is 1.79 bits per heavy atom. The molecule has 4 rings (SSSR count). The molecule has 0 amide bonds. The first-order valence-electron chi connectivity index (χ1n) is 11.4. The molecular formula is C24H42O4. The van der Waals surface area contributed by atoms with Crippen LogP contribution < -0.4 is 0 Å². The molecule has 0 aliphatic heterocycles. The second kappa shape index (κ2) is 8.36. The topological polar surface area (TPSA) is 63.6 Å². The maximum absolute atomic E-state index is 12.6. The molecule has 4 fully saturated rings. The van der Waals surface area contributed by atoms with Crippen molar-refractivity contribution in [3.05, 3.63) is 0 Å². The lowest BCUT2D eigenvalue weighted by atomic mass is 9.49. The number of esters is 1. The van der Waals surface area contributed by atoms with Crippen LogP contribution in [-0.2, 0) is 14.3 Å². The molecule has 0 spiro atoms. The van der Waals surface area contributed by atoms with Gasteiger partial charge in [0.15, 0.2) is 0 Å². The Bertz CT molecular complexity index is 563. The highest BCUT2D eigenvalue weighted by molar-refractivity contribution is 5.76. The molecule has 162 valence electrons. The molecule has 3 unspecified atom stereocenters. The Morgan fingerprint density at radius 2 is 1.43 bits per heavy atom. The summed E-state index contributed by atoms with van der Waals surface area (Å²) in [5.74, 6) is 2.41. The summed E-state index contributed by atoms with van der Waals surface area (Å²) in [4.78, 5) is 22.9. The number of ether oxygens (including phenoxy) is 1. The summed E-state index contributed by atoms with van der Waals surface area (Å²) in [5, 5.41) is 8.44. The van der Waals surface area contributed by atoms with Crippen LogP contribution in [0.2, 0.25) is 0 Å². The smallest absolute Gasteiger partial charge is 0.312 e. The molecule has 0 saturated heterocycles. The van der Waals surface area contributed by atoms with E-state index in [4.69, 9.17) is 9.84 Å². The van der Waals surface area contributed by atoms with Crippen LogP contribution >= 0.6 is 0 Å². The summed E-state index contributed by atoms with van der Waals surface area (Å²) in [5.41, 5.74) is -0.978. The number of carboxylic acids is 1. The van der Waals surface area contributed by atoms with E-state index in [2.05, 4.69) is 13.8 Å².